The molecule has 0 aromatic carbocycles. The number of likely N-dealkylation sites (N-methyl/N-ethyl adjacent to an activating group) is 1. The van der Waals surface area contributed by atoms with Crippen LogP contribution in [0.4, 0.5) is 0 Å². The van der Waals surface area contributed by atoms with Crippen LogP contribution >= 0.6 is 36.2 Å². The third-order valence-electron chi connectivity index (χ3n) is 3.48. The van der Waals surface area contributed by atoms with Gasteiger partial charge in [0.15, 0.2) is 0 Å². The number of halogens is 2. The van der Waals surface area contributed by atoms with Crippen LogP contribution in [-0.2, 0) is 16.1 Å². The van der Waals surface area contributed by atoms with E-state index >= 15 is 0 Å². The quantitative estimate of drug-likeness (QED) is 0.670. The average molecular weight is 386 g/mol. The normalized spacial score (nSPS) is 11.5. The second-order valence-electron chi connectivity index (χ2n) is 4.93. The Kier molecular flexibility index (Phi) is 15.2. The molecule has 23 heavy (non-hydrogen) atoms. The first-order valence-electron chi connectivity index (χ1n) is 7.40. The fourth-order valence-electron chi connectivity index (χ4n) is 2.15. The lowest BCUT2D eigenvalue weighted by Crippen LogP contribution is -2.48. The van der Waals surface area contributed by atoms with Gasteiger partial charge in [-0.2, -0.15) is 0 Å². The zero-order chi connectivity index (χ0) is 15.7. The molecule has 1 atom stereocenters. The van der Waals surface area contributed by atoms with Crippen LogP contribution in [0, 0.1) is 0 Å². The first-order valence-corrected chi connectivity index (χ1v) is 8.28. The van der Waals surface area contributed by atoms with Crippen LogP contribution in [0.15, 0.2) is 17.5 Å². The number of hydrogen-bond acceptors (Lipinski definition) is 5. The Balaban J connectivity index is 0. The number of rotatable bonds is 10. The molecule has 8 heteroatoms. The van der Waals surface area contributed by atoms with Crippen molar-refractivity contribution in [2.75, 3.05) is 39.9 Å². The fourth-order valence-corrected chi connectivity index (χ4v) is 2.86. The molecule has 1 heterocycles. The zero-order valence-electron chi connectivity index (χ0n) is 14.1. The second kappa shape index (κ2) is 14.0. The second-order valence-corrected chi connectivity index (χ2v) is 5.96. The number of carbonyl (C=O) groups excluding carboxylic acids is 1. The van der Waals surface area contributed by atoms with E-state index < -0.39 is 6.04 Å². The van der Waals surface area contributed by atoms with Crippen molar-refractivity contribution >= 4 is 42.1 Å². The molecule has 136 valence electrons. The number of nitrogens with two attached hydrogens (primary N) is 1. The smallest absolute Gasteiger partial charge is 0.242 e. The summed E-state index contributed by atoms with van der Waals surface area (Å²) in [5.41, 5.74) is 5.90. The highest BCUT2D eigenvalue weighted by Gasteiger charge is 2.21. The van der Waals surface area contributed by atoms with Crippen LogP contribution in [0.1, 0.15) is 18.7 Å². The first kappa shape index (κ1) is 24.9. The average Bonchev–Trinajstić information content (AvgIpc) is 2.99. The molecule has 0 radical (unpaired) electrons. The highest BCUT2D eigenvalue weighted by Crippen LogP contribution is 2.12. The van der Waals surface area contributed by atoms with E-state index in [9.17, 15) is 4.79 Å². The summed E-state index contributed by atoms with van der Waals surface area (Å²) in [6.45, 7) is 8.67. The van der Waals surface area contributed by atoms with Crippen LogP contribution < -0.4 is 5.73 Å². The Bertz CT molecular complexity index is 403. The van der Waals surface area contributed by atoms with Gasteiger partial charge in [-0.3, -0.25) is 4.79 Å². The summed E-state index contributed by atoms with van der Waals surface area (Å²) in [5, 5.41) is 2.03. The molecule has 0 bridgehead atoms. The van der Waals surface area contributed by atoms with Gasteiger partial charge in [-0.15, -0.1) is 36.2 Å². The third kappa shape index (κ3) is 8.88. The predicted molar refractivity (Wildman–Crippen MR) is 102 cm³/mol. The van der Waals surface area contributed by atoms with Crippen LogP contribution in [0.5, 0.6) is 0 Å². The molecule has 0 fully saturated rings. The monoisotopic (exact) mass is 385 g/mol. The van der Waals surface area contributed by atoms with Gasteiger partial charge in [0.05, 0.1) is 13.2 Å². The minimum Gasteiger partial charge on any atom is -0.383 e. The number of nitrogens with zero attached hydrogens (tertiary/aromatic N) is 2. The molecule has 5 nitrogen and oxygen atoms in total. The summed E-state index contributed by atoms with van der Waals surface area (Å²) < 4.78 is 5.00. The number of hydrogen-bond donors (Lipinski definition) is 1. The number of methoxy groups -OCH3 is 1. The summed E-state index contributed by atoms with van der Waals surface area (Å²) in [6.07, 6.45) is 0. The summed E-state index contributed by atoms with van der Waals surface area (Å²) in [7, 11) is 1.56. The molecule has 0 aliphatic carbocycles. The molecule has 0 spiro atoms. The summed E-state index contributed by atoms with van der Waals surface area (Å²) in [4.78, 5) is 17.8. The van der Waals surface area contributed by atoms with E-state index in [-0.39, 0.29) is 37.3 Å². The topological polar surface area (TPSA) is 58.8 Å². The summed E-state index contributed by atoms with van der Waals surface area (Å²) in [5.74, 6) is -0.0441. The number of amides is 1. The molecule has 1 aromatic heterocycles. The van der Waals surface area contributed by atoms with E-state index in [1.807, 2.05) is 22.4 Å². The summed E-state index contributed by atoms with van der Waals surface area (Å²) >= 11 is 1.66. The van der Waals surface area contributed by atoms with Crippen molar-refractivity contribution in [3.63, 3.8) is 0 Å². The van der Waals surface area contributed by atoms with Crippen LogP contribution in [-0.4, -0.2) is 61.6 Å². The van der Waals surface area contributed by atoms with Crippen molar-refractivity contribution in [3.8, 4) is 0 Å². The summed E-state index contributed by atoms with van der Waals surface area (Å²) in [6, 6.07) is 3.46. The predicted octanol–water partition coefficient (Wildman–Crippen LogP) is 2.24. The highest BCUT2D eigenvalue weighted by molar-refractivity contribution is 7.09. The van der Waals surface area contributed by atoms with Crippen molar-refractivity contribution in [1.29, 1.82) is 0 Å². The number of ether oxygens (including phenoxy) is 1. The lowest BCUT2D eigenvalue weighted by Gasteiger charge is -2.28. The molecular weight excluding hydrogens is 357 g/mol. The van der Waals surface area contributed by atoms with E-state index in [0.717, 1.165) is 19.6 Å². The Morgan fingerprint density at radius 2 is 1.96 bits per heavy atom. The molecule has 1 aromatic rings. The van der Waals surface area contributed by atoms with Gasteiger partial charge in [-0.25, -0.2) is 0 Å². The van der Waals surface area contributed by atoms with Gasteiger partial charge in [-0.05, 0) is 24.5 Å². The number of carbonyl (C=O) groups is 1. The lowest BCUT2D eigenvalue weighted by molar-refractivity contribution is -0.134. The van der Waals surface area contributed by atoms with Crippen molar-refractivity contribution in [3.05, 3.63) is 22.4 Å². The Morgan fingerprint density at radius 3 is 2.43 bits per heavy atom. The van der Waals surface area contributed by atoms with Crippen LogP contribution in [0.25, 0.3) is 0 Å². The van der Waals surface area contributed by atoms with E-state index in [1.54, 1.807) is 18.4 Å². The minimum atomic E-state index is -0.591. The van der Waals surface area contributed by atoms with E-state index in [4.69, 9.17) is 10.5 Å². The maximum absolute atomic E-state index is 12.5. The Morgan fingerprint density at radius 1 is 1.30 bits per heavy atom. The van der Waals surface area contributed by atoms with Gasteiger partial charge in [0, 0.05) is 25.1 Å². The maximum Gasteiger partial charge on any atom is 0.242 e. The minimum absolute atomic E-state index is 0. The molecule has 2 N–H and O–H groups in total. The van der Waals surface area contributed by atoms with Gasteiger partial charge >= 0.3 is 0 Å². The fraction of sp³-hybridized carbons (Fsp3) is 0.667. The molecule has 1 amide bonds. The van der Waals surface area contributed by atoms with Crippen molar-refractivity contribution in [2.24, 2.45) is 5.73 Å². The van der Waals surface area contributed by atoms with Gasteiger partial charge in [0.2, 0.25) is 5.91 Å². The van der Waals surface area contributed by atoms with Crippen molar-refractivity contribution in [1.82, 2.24) is 9.80 Å². The van der Waals surface area contributed by atoms with Crippen LogP contribution in [0.2, 0.25) is 0 Å². The largest absolute Gasteiger partial charge is 0.383 e. The molecule has 0 saturated carbocycles. The van der Waals surface area contributed by atoms with Gasteiger partial charge < -0.3 is 20.3 Å². The lowest BCUT2D eigenvalue weighted by atomic mass is 10.2. The van der Waals surface area contributed by atoms with E-state index in [1.165, 1.54) is 4.88 Å². The van der Waals surface area contributed by atoms with Crippen molar-refractivity contribution in [2.45, 2.75) is 26.4 Å². The Hall–Kier alpha value is -0.370. The first-order chi connectivity index (χ1) is 10.1. The molecule has 0 aliphatic rings. The molecule has 0 aliphatic heterocycles. The molecule has 0 saturated heterocycles. The zero-order valence-corrected chi connectivity index (χ0v) is 16.5. The van der Waals surface area contributed by atoms with Gasteiger partial charge in [-0.1, -0.05) is 19.9 Å². The van der Waals surface area contributed by atoms with E-state index in [2.05, 4.69) is 18.7 Å². The Labute approximate surface area is 156 Å². The highest BCUT2D eigenvalue weighted by atomic mass is 35.5. The van der Waals surface area contributed by atoms with Crippen LogP contribution in [0.3, 0.4) is 0 Å². The SMILES string of the molecule is CCN(CC)CCN(Cc1cccs1)C(=O)C(N)COC.Cl.Cl. The maximum atomic E-state index is 12.5. The third-order valence-corrected chi connectivity index (χ3v) is 4.34. The standard InChI is InChI=1S/C15H27N3O2S.2ClH/c1-4-17(5-2)8-9-18(11-13-7-6-10-21-13)15(19)14(16)12-20-3;;/h6-7,10,14H,4-5,8-9,11-12,16H2,1-3H3;2*1H. The van der Waals surface area contributed by atoms with Crippen molar-refractivity contribution < 1.29 is 9.53 Å². The molecule has 1 rings (SSSR count). The van der Waals surface area contributed by atoms with Gasteiger partial charge in [0.25, 0.3) is 0 Å². The van der Waals surface area contributed by atoms with Gasteiger partial charge in [0.1, 0.15) is 6.04 Å². The molecule has 1 unspecified atom stereocenters. The molecular formula is C15H29Cl2N3O2S. The van der Waals surface area contributed by atoms with E-state index in [0.29, 0.717) is 13.1 Å². The number of thiophene rings is 1.